The van der Waals surface area contributed by atoms with Crippen molar-refractivity contribution in [2.45, 2.75) is 12.8 Å². The molecule has 11 nitrogen and oxygen atoms in total. The van der Waals surface area contributed by atoms with Crippen molar-refractivity contribution in [3.8, 4) is 23.0 Å². The van der Waals surface area contributed by atoms with Crippen molar-refractivity contribution in [2.24, 2.45) is 4.99 Å². The molecule has 0 aliphatic rings. The number of esters is 4. The first-order valence-corrected chi connectivity index (χ1v) is 16.0. The van der Waals surface area contributed by atoms with Gasteiger partial charge in [-0.2, -0.15) is 0 Å². The highest BCUT2D eigenvalue weighted by Crippen LogP contribution is 2.37. The van der Waals surface area contributed by atoms with Gasteiger partial charge >= 0.3 is 23.9 Å². The first-order valence-electron chi connectivity index (χ1n) is 15.3. The van der Waals surface area contributed by atoms with Gasteiger partial charge < -0.3 is 28.4 Å². The summed E-state index contributed by atoms with van der Waals surface area (Å²) in [5, 5.41) is 0.166. The minimum atomic E-state index is -0.666. The smallest absolute Gasteiger partial charge is 0.343 e. The number of rotatable bonds is 17. The zero-order valence-corrected chi connectivity index (χ0v) is 28.6. The Bertz CT molecular complexity index is 1870. The molecule has 0 spiro atoms. The number of nitrogens with zero attached hydrogens (tertiary/aromatic N) is 1. The number of hydrogen-bond acceptors (Lipinski definition) is 11. The molecule has 0 unspecified atom stereocenters. The van der Waals surface area contributed by atoms with Gasteiger partial charge in [0.25, 0.3) is 0 Å². The lowest BCUT2D eigenvalue weighted by Gasteiger charge is -2.10. The Hall–Kier alpha value is -5.91. The van der Waals surface area contributed by atoms with Crippen molar-refractivity contribution in [3.05, 3.63) is 137 Å². The predicted octanol–water partition coefficient (Wildman–Crippen LogP) is 8.14. The van der Waals surface area contributed by atoms with E-state index in [1.54, 1.807) is 66.9 Å². The van der Waals surface area contributed by atoms with Crippen LogP contribution in [0.15, 0.2) is 115 Å². The van der Waals surface area contributed by atoms with E-state index >= 15 is 0 Å². The molecule has 51 heavy (non-hydrogen) atoms. The molecule has 0 radical (unpaired) electrons. The fourth-order valence-corrected chi connectivity index (χ4v) is 4.57. The van der Waals surface area contributed by atoms with E-state index < -0.39 is 23.9 Å². The summed E-state index contributed by atoms with van der Waals surface area (Å²) >= 11 is 12.8. The second kappa shape index (κ2) is 19.3. The van der Waals surface area contributed by atoms with Crippen LogP contribution in [0.25, 0.3) is 0 Å². The number of aliphatic imine (C=N–C) groups is 1. The van der Waals surface area contributed by atoms with Crippen molar-refractivity contribution in [1.29, 1.82) is 0 Å². The molecule has 0 heterocycles. The van der Waals surface area contributed by atoms with E-state index in [1.165, 1.54) is 24.3 Å². The third-order valence-corrected chi connectivity index (χ3v) is 7.18. The Balaban J connectivity index is 1.25. The molecule has 0 saturated heterocycles. The Morgan fingerprint density at radius 2 is 1.14 bits per heavy atom. The third kappa shape index (κ3) is 12.2. The summed E-state index contributed by atoms with van der Waals surface area (Å²) in [5.74, 6) is -1.06. The largest absolute Gasteiger partial charge is 0.494 e. The molecule has 262 valence electrons. The molecule has 13 heteroatoms. The van der Waals surface area contributed by atoms with Crippen molar-refractivity contribution < 1.29 is 47.6 Å². The minimum absolute atomic E-state index is 0.0119. The maximum atomic E-state index is 12.8. The Labute approximate surface area is 303 Å². The van der Waals surface area contributed by atoms with Crippen LogP contribution in [-0.2, 0) is 19.1 Å². The van der Waals surface area contributed by atoms with Gasteiger partial charge in [0.1, 0.15) is 17.2 Å². The molecular formula is C38H31Cl2NO10. The summed E-state index contributed by atoms with van der Waals surface area (Å²) in [7, 11) is 0. The van der Waals surface area contributed by atoms with E-state index in [4.69, 9.17) is 51.6 Å². The minimum Gasteiger partial charge on any atom is -0.494 e. The van der Waals surface area contributed by atoms with Crippen molar-refractivity contribution in [1.82, 2.24) is 0 Å². The van der Waals surface area contributed by atoms with Gasteiger partial charge in [-0.3, -0.25) is 4.99 Å². The lowest BCUT2D eigenvalue weighted by molar-refractivity contribution is -0.144. The summed E-state index contributed by atoms with van der Waals surface area (Å²) in [4.78, 5) is 51.8. The fraction of sp³-hybridized carbons (Fsp3) is 0.132. The summed E-state index contributed by atoms with van der Waals surface area (Å²) in [6.07, 6.45) is 5.01. The second-order valence-corrected chi connectivity index (χ2v) is 11.1. The van der Waals surface area contributed by atoms with Crippen LogP contribution in [0.5, 0.6) is 23.0 Å². The molecule has 4 aromatic rings. The molecule has 0 bridgehead atoms. The molecule has 4 rings (SSSR count). The van der Waals surface area contributed by atoms with E-state index in [9.17, 15) is 19.2 Å². The molecule has 0 amide bonds. The molecule has 0 aliphatic heterocycles. The topological polar surface area (TPSA) is 136 Å². The second-order valence-electron chi connectivity index (χ2n) is 10.3. The van der Waals surface area contributed by atoms with Gasteiger partial charge in [0.2, 0.25) is 6.79 Å². The standard InChI is InChI=1S/C38H31Cl2NO10/c1-3-34(42)47-20-6-5-19-46-29-15-9-27(10-16-29)38(45)51-36-32(39)21-28(22-33(36)40)41-23-25-7-13-31(14-8-25)50-37(44)26-11-17-30(18-12-26)48-24-49-35(43)4-2/h3-4,7-18,21-23H,1-2,5-6,19-20,24H2/b41-23+. The molecule has 0 aliphatic carbocycles. The van der Waals surface area contributed by atoms with E-state index in [-0.39, 0.29) is 40.3 Å². The van der Waals surface area contributed by atoms with Gasteiger partial charge in [0.05, 0.1) is 40.1 Å². The van der Waals surface area contributed by atoms with Gasteiger partial charge in [-0.15, -0.1) is 0 Å². The summed E-state index contributed by atoms with van der Waals surface area (Å²) in [5.41, 5.74) is 1.65. The van der Waals surface area contributed by atoms with Gasteiger partial charge in [-0.05, 0) is 103 Å². The van der Waals surface area contributed by atoms with Crippen molar-refractivity contribution >= 4 is 59.0 Å². The molecule has 0 N–H and O–H groups in total. The molecule has 0 atom stereocenters. The lowest BCUT2D eigenvalue weighted by atomic mass is 10.2. The molecule has 0 fully saturated rings. The van der Waals surface area contributed by atoms with E-state index in [2.05, 4.69) is 18.2 Å². The Kier molecular flexibility index (Phi) is 14.4. The van der Waals surface area contributed by atoms with Crippen LogP contribution in [0.3, 0.4) is 0 Å². The first-order chi connectivity index (χ1) is 24.6. The van der Waals surface area contributed by atoms with Gasteiger partial charge in [0.15, 0.2) is 5.75 Å². The Morgan fingerprint density at radius 3 is 1.73 bits per heavy atom. The van der Waals surface area contributed by atoms with Crippen LogP contribution in [0.4, 0.5) is 5.69 Å². The fourth-order valence-electron chi connectivity index (χ4n) is 4.02. The van der Waals surface area contributed by atoms with Crippen LogP contribution < -0.4 is 18.9 Å². The van der Waals surface area contributed by atoms with Gasteiger partial charge in [-0.25, -0.2) is 19.2 Å². The maximum absolute atomic E-state index is 12.8. The zero-order valence-electron chi connectivity index (χ0n) is 27.1. The average Bonchev–Trinajstić information content (AvgIpc) is 3.14. The maximum Gasteiger partial charge on any atom is 0.343 e. The number of unbranched alkanes of at least 4 members (excludes halogenated alkanes) is 1. The van der Waals surface area contributed by atoms with E-state index in [0.29, 0.717) is 47.9 Å². The number of hydrogen-bond donors (Lipinski definition) is 0. The van der Waals surface area contributed by atoms with Crippen molar-refractivity contribution in [3.63, 3.8) is 0 Å². The number of ether oxygens (including phenoxy) is 6. The highest BCUT2D eigenvalue weighted by atomic mass is 35.5. The number of benzene rings is 4. The van der Waals surface area contributed by atoms with Crippen LogP contribution in [0, 0.1) is 0 Å². The molecule has 0 aromatic heterocycles. The van der Waals surface area contributed by atoms with Crippen molar-refractivity contribution in [2.75, 3.05) is 20.0 Å². The number of halogens is 2. The zero-order chi connectivity index (χ0) is 36.6. The number of carbonyl (C=O) groups excluding carboxylic acids is 4. The van der Waals surface area contributed by atoms with Crippen LogP contribution in [0.1, 0.15) is 39.1 Å². The van der Waals surface area contributed by atoms with E-state index in [0.717, 1.165) is 12.2 Å². The van der Waals surface area contributed by atoms with E-state index in [1.807, 2.05) is 0 Å². The summed E-state index contributed by atoms with van der Waals surface area (Å²) in [6.45, 7) is 7.03. The number of carbonyl (C=O) groups is 4. The summed E-state index contributed by atoms with van der Waals surface area (Å²) < 4.78 is 31.5. The SMILES string of the molecule is C=CC(=O)OCCCCOc1ccc(C(=O)Oc2c(Cl)cc(/N=C/c3ccc(OC(=O)c4ccc(OCOC(=O)C=C)cc4)cc3)cc2Cl)cc1. The molecule has 0 saturated carbocycles. The highest BCUT2D eigenvalue weighted by Gasteiger charge is 2.16. The molecular weight excluding hydrogens is 701 g/mol. The first kappa shape index (κ1) is 37.9. The van der Waals surface area contributed by atoms with Crippen LogP contribution in [0.2, 0.25) is 10.0 Å². The Morgan fingerprint density at radius 1 is 0.627 bits per heavy atom. The monoisotopic (exact) mass is 731 g/mol. The highest BCUT2D eigenvalue weighted by molar-refractivity contribution is 6.37. The normalized spacial score (nSPS) is 10.5. The molecule has 4 aromatic carbocycles. The van der Waals surface area contributed by atoms with Gasteiger partial charge in [0, 0.05) is 18.4 Å². The summed E-state index contributed by atoms with van der Waals surface area (Å²) in [6, 6.07) is 22.1. The van der Waals surface area contributed by atoms with Crippen LogP contribution in [-0.4, -0.2) is 50.1 Å². The predicted molar refractivity (Wildman–Crippen MR) is 191 cm³/mol. The average molecular weight is 733 g/mol. The quantitative estimate of drug-likeness (QED) is 0.0261. The van der Waals surface area contributed by atoms with Gasteiger partial charge in [-0.1, -0.05) is 36.4 Å². The lowest BCUT2D eigenvalue weighted by Crippen LogP contribution is -2.09. The van der Waals surface area contributed by atoms with Crippen LogP contribution >= 0.6 is 23.2 Å². The third-order valence-electron chi connectivity index (χ3n) is 6.62.